The Kier molecular flexibility index (Phi) is 1.56. The highest BCUT2D eigenvalue weighted by molar-refractivity contribution is 6.13. The van der Waals surface area contributed by atoms with E-state index in [1.54, 1.807) is 0 Å². The number of hydrogen-bond donors (Lipinski definition) is 0. The molecule has 14 heavy (non-hydrogen) atoms. The second kappa shape index (κ2) is 2.59. The van der Waals surface area contributed by atoms with Gasteiger partial charge in [0, 0.05) is 18.2 Å². The number of fused-ring (bicyclic) bond motifs is 1. The maximum Gasteiger partial charge on any atom is 0.318 e. The first kappa shape index (κ1) is 8.45. The number of esters is 1. The Labute approximate surface area is 83.5 Å². The summed E-state index contributed by atoms with van der Waals surface area (Å²) >= 11 is 0. The summed E-state index contributed by atoms with van der Waals surface area (Å²) in [5, 5.41) is 0. The molecule has 0 bridgehead atoms. The average molecular weight is 193 g/mol. The van der Waals surface area contributed by atoms with Crippen LogP contribution in [0.15, 0.2) is 4.99 Å². The molecule has 3 nitrogen and oxygen atoms in total. The molecule has 0 N–H and O–H groups in total. The van der Waals surface area contributed by atoms with E-state index in [4.69, 9.17) is 4.74 Å². The van der Waals surface area contributed by atoms with Gasteiger partial charge in [0.05, 0.1) is 6.61 Å². The summed E-state index contributed by atoms with van der Waals surface area (Å²) in [6, 6.07) is 0. The molecule has 2 atom stereocenters. The summed E-state index contributed by atoms with van der Waals surface area (Å²) in [5.74, 6) is 1.09. The first-order chi connectivity index (χ1) is 6.79. The van der Waals surface area contributed by atoms with Crippen LogP contribution in [0.2, 0.25) is 0 Å². The largest absolute Gasteiger partial charge is 0.465 e. The number of nitrogens with zero attached hydrogens (tertiary/aromatic N) is 1. The Balaban J connectivity index is 1.83. The molecule has 2 aliphatic carbocycles. The number of aliphatic imine (C=N–C) groups is 1. The molecule has 76 valence electrons. The highest BCUT2D eigenvalue weighted by Gasteiger charge is 2.68. The van der Waals surface area contributed by atoms with Gasteiger partial charge in [-0.2, -0.15) is 0 Å². The lowest BCUT2D eigenvalue weighted by Crippen LogP contribution is -2.29. The van der Waals surface area contributed by atoms with E-state index in [2.05, 4.69) is 4.99 Å². The van der Waals surface area contributed by atoms with E-state index in [-0.39, 0.29) is 11.4 Å². The van der Waals surface area contributed by atoms with Crippen LogP contribution in [0, 0.1) is 17.3 Å². The quantitative estimate of drug-likeness (QED) is 0.636. The lowest BCUT2D eigenvalue weighted by Gasteiger charge is -2.13. The first-order valence-electron chi connectivity index (χ1n) is 5.51. The fraction of sp³-hybridized carbons (Fsp3) is 0.818. The van der Waals surface area contributed by atoms with Crippen molar-refractivity contribution in [3.8, 4) is 0 Å². The summed E-state index contributed by atoms with van der Waals surface area (Å²) in [7, 11) is 0. The van der Waals surface area contributed by atoms with E-state index in [1.807, 2.05) is 6.92 Å². The molecule has 0 radical (unpaired) electrons. The second-order valence-corrected chi connectivity index (χ2v) is 4.59. The first-order valence-corrected chi connectivity index (χ1v) is 5.51. The fourth-order valence-corrected chi connectivity index (χ4v) is 2.68. The van der Waals surface area contributed by atoms with Crippen LogP contribution in [0.3, 0.4) is 0 Å². The number of ether oxygens (including phenoxy) is 1. The van der Waals surface area contributed by atoms with Crippen molar-refractivity contribution in [2.24, 2.45) is 22.2 Å². The van der Waals surface area contributed by atoms with Crippen molar-refractivity contribution >= 4 is 11.7 Å². The number of carbonyl (C=O) groups is 1. The van der Waals surface area contributed by atoms with E-state index in [0.29, 0.717) is 18.4 Å². The zero-order valence-corrected chi connectivity index (χ0v) is 8.45. The Morgan fingerprint density at radius 3 is 3.00 bits per heavy atom. The van der Waals surface area contributed by atoms with Gasteiger partial charge in [-0.25, -0.2) is 0 Å². The van der Waals surface area contributed by atoms with Crippen molar-refractivity contribution in [1.82, 2.24) is 0 Å². The Bertz CT molecular complexity index is 319. The average Bonchev–Trinajstić information content (AvgIpc) is 3.07. The van der Waals surface area contributed by atoms with Gasteiger partial charge in [-0.05, 0) is 32.1 Å². The van der Waals surface area contributed by atoms with Crippen LogP contribution >= 0.6 is 0 Å². The third-order valence-electron chi connectivity index (χ3n) is 3.65. The minimum Gasteiger partial charge on any atom is -0.465 e. The third kappa shape index (κ3) is 0.928. The summed E-state index contributed by atoms with van der Waals surface area (Å²) in [6.07, 6.45) is 3.46. The SMILES string of the molecule is CCOC(=O)[C@@]12C[C@@H]1CN=C2C1CC1. The molecular weight excluding hydrogens is 178 g/mol. The molecule has 1 heterocycles. The Hall–Kier alpha value is -0.860. The zero-order valence-electron chi connectivity index (χ0n) is 8.45. The van der Waals surface area contributed by atoms with Crippen LogP contribution in [-0.4, -0.2) is 24.8 Å². The Morgan fingerprint density at radius 2 is 2.43 bits per heavy atom. The van der Waals surface area contributed by atoms with E-state index in [9.17, 15) is 4.79 Å². The van der Waals surface area contributed by atoms with Crippen LogP contribution < -0.4 is 0 Å². The lowest BCUT2D eigenvalue weighted by molar-refractivity contribution is -0.147. The molecule has 3 heteroatoms. The molecule has 3 rings (SSSR count). The normalized spacial score (nSPS) is 38.9. The van der Waals surface area contributed by atoms with E-state index in [0.717, 1.165) is 13.0 Å². The Morgan fingerprint density at radius 1 is 1.64 bits per heavy atom. The maximum atomic E-state index is 11.8. The van der Waals surface area contributed by atoms with Gasteiger partial charge in [0.2, 0.25) is 0 Å². The molecule has 0 saturated heterocycles. The molecular formula is C11H15NO2. The van der Waals surface area contributed by atoms with Gasteiger partial charge in [0.1, 0.15) is 5.41 Å². The summed E-state index contributed by atoms with van der Waals surface area (Å²) < 4.78 is 5.16. The molecule has 0 unspecified atom stereocenters. The summed E-state index contributed by atoms with van der Waals surface area (Å²) in [5.41, 5.74) is 0.943. The molecule has 2 fully saturated rings. The molecule has 2 saturated carbocycles. The molecule has 0 aromatic rings. The van der Waals surface area contributed by atoms with Gasteiger partial charge in [-0.3, -0.25) is 9.79 Å². The van der Waals surface area contributed by atoms with Crippen LogP contribution in [0.5, 0.6) is 0 Å². The highest BCUT2D eigenvalue weighted by Crippen LogP contribution is 2.61. The summed E-state index contributed by atoms with van der Waals surface area (Å²) in [6.45, 7) is 3.23. The van der Waals surface area contributed by atoms with Gasteiger partial charge in [0.15, 0.2) is 0 Å². The van der Waals surface area contributed by atoms with Crippen LogP contribution in [0.4, 0.5) is 0 Å². The molecule has 1 aliphatic heterocycles. The molecule has 0 aromatic heterocycles. The minimum atomic E-state index is -0.239. The van der Waals surface area contributed by atoms with Crippen molar-refractivity contribution in [3.05, 3.63) is 0 Å². The van der Waals surface area contributed by atoms with Gasteiger partial charge >= 0.3 is 5.97 Å². The second-order valence-electron chi connectivity index (χ2n) is 4.59. The van der Waals surface area contributed by atoms with Crippen LogP contribution in [-0.2, 0) is 9.53 Å². The third-order valence-corrected chi connectivity index (χ3v) is 3.65. The molecule has 3 aliphatic rings. The van der Waals surface area contributed by atoms with Crippen molar-refractivity contribution in [1.29, 1.82) is 0 Å². The van der Waals surface area contributed by atoms with Crippen molar-refractivity contribution in [3.63, 3.8) is 0 Å². The predicted molar refractivity (Wildman–Crippen MR) is 52.2 cm³/mol. The molecule has 0 spiro atoms. The number of hydrogen-bond acceptors (Lipinski definition) is 3. The van der Waals surface area contributed by atoms with Gasteiger partial charge in [-0.1, -0.05) is 0 Å². The standard InChI is InChI=1S/C11H15NO2/c1-2-14-10(13)11-5-8(11)6-12-9(11)7-3-4-7/h7-8H,2-6H2,1H3/t8-,11+/m1/s1. The van der Waals surface area contributed by atoms with Crippen molar-refractivity contribution in [2.75, 3.05) is 13.2 Å². The van der Waals surface area contributed by atoms with Crippen molar-refractivity contribution < 1.29 is 9.53 Å². The van der Waals surface area contributed by atoms with Gasteiger partial charge in [-0.15, -0.1) is 0 Å². The monoisotopic (exact) mass is 193 g/mol. The smallest absolute Gasteiger partial charge is 0.318 e. The topological polar surface area (TPSA) is 38.7 Å². The van der Waals surface area contributed by atoms with E-state index < -0.39 is 0 Å². The lowest BCUT2D eigenvalue weighted by atomic mass is 9.95. The van der Waals surface area contributed by atoms with Crippen LogP contribution in [0.25, 0.3) is 0 Å². The van der Waals surface area contributed by atoms with Gasteiger partial charge < -0.3 is 4.74 Å². The highest BCUT2D eigenvalue weighted by atomic mass is 16.5. The number of carbonyl (C=O) groups excluding carboxylic acids is 1. The minimum absolute atomic E-state index is 0.00634. The van der Waals surface area contributed by atoms with Crippen LogP contribution in [0.1, 0.15) is 26.2 Å². The predicted octanol–water partition coefficient (Wildman–Crippen LogP) is 1.42. The fourth-order valence-electron chi connectivity index (χ4n) is 2.68. The molecule has 0 amide bonds. The van der Waals surface area contributed by atoms with E-state index in [1.165, 1.54) is 18.6 Å². The zero-order chi connectivity index (χ0) is 9.76. The van der Waals surface area contributed by atoms with E-state index >= 15 is 0 Å². The van der Waals surface area contributed by atoms with Gasteiger partial charge in [0.25, 0.3) is 0 Å². The summed E-state index contributed by atoms with van der Waals surface area (Å²) in [4.78, 5) is 16.4. The maximum absolute atomic E-state index is 11.8. The molecule has 0 aromatic carbocycles. The number of rotatable bonds is 3. The van der Waals surface area contributed by atoms with Crippen molar-refractivity contribution in [2.45, 2.75) is 26.2 Å².